The number of nitrogens with zero attached hydrogens (tertiary/aromatic N) is 2. The number of benzene rings is 1. The molecule has 1 heterocycles. The fourth-order valence-electron chi connectivity index (χ4n) is 1.76. The van der Waals surface area contributed by atoms with Gasteiger partial charge in [-0.05, 0) is 22.0 Å². The molecule has 1 fully saturated rings. The number of hydrogen-bond donors (Lipinski definition) is 2. The van der Waals surface area contributed by atoms with Crippen molar-refractivity contribution in [2.24, 2.45) is 0 Å². The van der Waals surface area contributed by atoms with E-state index in [4.69, 9.17) is 5.11 Å². The van der Waals surface area contributed by atoms with Crippen LogP contribution < -0.4 is 5.32 Å². The SMILES string of the molecule is O=C(O)C1CSCN1C(=O)Nc1cc([N+](=O)[O-])ccc1Br. The highest BCUT2D eigenvalue weighted by molar-refractivity contribution is 9.10. The maximum absolute atomic E-state index is 12.1. The van der Waals surface area contributed by atoms with Gasteiger partial charge in [0.15, 0.2) is 0 Å². The summed E-state index contributed by atoms with van der Waals surface area (Å²) in [6.45, 7) is 0. The molecule has 0 spiro atoms. The van der Waals surface area contributed by atoms with Crippen molar-refractivity contribution in [2.45, 2.75) is 6.04 Å². The van der Waals surface area contributed by atoms with E-state index >= 15 is 0 Å². The van der Waals surface area contributed by atoms with Crippen molar-refractivity contribution < 1.29 is 19.6 Å². The van der Waals surface area contributed by atoms with Gasteiger partial charge in [0.05, 0.1) is 16.5 Å². The number of urea groups is 1. The number of anilines is 1. The van der Waals surface area contributed by atoms with Crippen LogP contribution in [0.5, 0.6) is 0 Å². The fourth-order valence-corrected chi connectivity index (χ4v) is 3.25. The van der Waals surface area contributed by atoms with Gasteiger partial charge < -0.3 is 15.3 Å². The van der Waals surface area contributed by atoms with Crippen LogP contribution >= 0.6 is 27.7 Å². The Morgan fingerprint density at radius 2 is 2.24 bits per heavy atom. The summed E-state index contributed by atoms with van der Waals surface area (Å²) < 4.78 is 0.472. The van der Waals surface area contributed by atoms with Crippen LogP contribution in [-0.2, 0) is 4.79 Å². The van der Waals surface area contributed by atoms with Crippen molar-refractivity contribution >= 4 is 51.1 Å². The predicted molar refractivity (Wildman–Crippen MR) is 80.4 cm³/mol. The van der Waals surface area contributed by atoms with Crippen LogP contribution in [-0.4, -0.2) is 44.6 Å². The Balaban J connectivity index is 2.18. The maximum atomic E-state index is 12.1. The number of nitro benzene ring substituents is 1. The number of nitrogens with one attached hydrogen (secondary N) is 1. The Bertz CT molecular complexity index is 612. The number of carbonyl (C=O) groups excluding carboxylic acids is 1. The summed E-state index contributed by atoms with van der Waals surface area (Å²) in [5.41, 5.74) is 0.0503. The Hall–Kier alpha value is -1.81. The molecule has 1 atom stereocenters. The molecule has 1 aliphatic rings. The van der Waals surface area contributed by atoms with Crippen molar-refractivity contribution in [3.8, 4) is 0 Å². The van der Waals surface area contributed by atoms with Gasteiger partial charge >= 0.3 is 12.0 Å². The van der Waals surface area contributed by atoms with Crippen LogP contribution in [0.4, 0.5) is 16.2 Å². The van der Waals surface area contributed by atoms with E-state index in [1.54, 1.807) is 0 Å². The van der Waals surface area contributed by atoms with Gasteiger partial charge in [0.25, 0.3) is 5.69 Å². The second kappa shape index (κ2) is 6.31. The highest BCUT2D eigenvalue weighted by atomic mass is 79.9. The number of halogens is 1. The lowest BCUT2D eigenvalue weighted by Gasteiger charge is -2.21. The van der Waals surface area contributed by atoms with Crippen molar-refractivity contribution in [3.05, 3.63) is 32.8 Å². The highest BCUT2D eigenvalue weighted by Crippen LogP contribution is 2.28. The maximum Gasteiger partial charge on any atom is 0.327 e. The summed E-state index contributed by atoms with van der Waals surface area (Å²) in [5.74, 6) is -0.498. The molecule has 2 N–H and O–H groups in total. The zero-order valence-electron chi connectivity index (χ0n) is 10.5. The first kappa shape index (κ1) is 15.6. The summed E-state index contributed by atoms with van der Waals surface area (Å²) in [7, 11) is 0. The molecule has 1 aromatic carbocycles. The molecule has 1 saturated heterocycles. The van der Waals surface area contributed by atoms with E-state index in [0.29, 0.717) is 10.2 Å². The number of amides is 2. The number of thioether (sulfide) groups is 1. The third-order valence-corrected chi connectivity index (χ3v) is 4.53. The number of aliphatic carboxylic acids is 1. The van der Waals surface area contributed by atoms with Gasteiger partial charge in [0.1, 0.15) is 6.04 Å². The molecule has 2 rings (SSSR count). The van der Waals surface area contributed by atoms with E-state index in [-0.39, 0.29) is 17.3 Å². The fraction of sp³-hybridized carbons (Fsp3) is 0.273. The Morgan fingerprint density at radius 1 is 1.52 bits per heavy atom. The molecule has 0 bridgehead atoms. The largest absolute Gasteiger partial charge is 0.480 e. The number of nitro groups is 1. The summed E-state index contributed by atoms with van der Waals surface area (Å²) in [5, 5.41) is 22.3. The predicted octanol–water partition coefficient (Wildman–Crippen LogP) is 2.35. The van der Waals surface area contributed by atoms with E-state index in [0.717, 1.165) is 0 Å². The van der Waals surface area contributed by atoms with Crippen molar-refractivity contribution in [3.63, 3.8) is 0 Å². The lowest BCUT2D eigenvalue weighted by atomic mass is 10.3. The zero-order valence-corrected chi connectivity index (χ0v) is 12.9. The Morgan fingerprint density at radius 3 is 2.86 bits per heavy atom. The monoisotopic (exact) mass is 375 g/mol. The normalized spacial score (nSPS) is 17.6. The molecule has 1 unspecified atom stereocenters. The first-order valence-electron chi connectivity index (χ1n) is 5.72. The van der Waals surface area contributed by atoms with Crippen LogP contribution in [0.3, 0.4) is 0 Å². The minimum absolute atomic E-state index is 0.168. The number of carboxylic acids is 1. The Labute approximate surface area is 131 Å². The first-order chi connectivity index (χ1) is 9.90. The van der Waals surface area contributed by atoms with Crippen molar-refractivity contribution in [1.29, 1.82) is 0 Å². The van der Waals surface area contributed by atoms with Crippen LogP contribution in [0, 0.1) is 10.1 Å². The highest BCUT2D eigenvalue weighted by Gasteiger charge is 2.34. The average Bonchev–Trinajstić information content (AvgIpc) is 2.90. The van der Waals surface area contributed by atoms with Gasteiger partial charge in [-0.3, -0.25) is 10.1 Å². The smallest absolute Gasteiger partial charge is 0.327 e. The van der Waals surface area contributed by atoms with Gasteiger partial charge in [-0.2, -0.15) is 0 Å². The van der Waals surface area contributed by atoms with Gasteiger partial charge in [-0.1, -0.05) is 0 Å². The van der Waals surface area contributed by atoms with Gasteiger partial charge in [0, 0.05) is 22.4 Å². The van der Waals surface area contributed by atoms with E-state index in [2.05, 4.69) is 21.2 Å². The molecule has 112 valence electrons. The quantitative estimate of drug-likeness (QED) is 0.619. The summed E-state index contributed by atoms with van der Waals surface area (Å²) in [6.07, 6.45) is 0. The minimum Gasteiger partial charge on any atom is -0.480 e. The zero-order chi connectivity index (χ0) is 15.6. The van der Waals surface area contributed by atoms with E-state index in [1.165, 1.54) is 34.9 Å². The third-order valence-electron chi connectivity index (χ3n) is 2.83. The summed E-state index contributed by atoms with van der Waals surface area (Å²) in [6, 6.07) is 2.45. The third kappa shape index (κ3) is 3.45. The topological polar surface area (TPSA) is 113 Å². The second-order valence-corrected chi connectivity index (χ2v) is 6.03. The second-order valence-electron chi connectivity index (χ2n) is 4.18. The lowest BCUT2D eigenvalue weighted by molar-refractivity contribution is -0.384. The molecular weight excluding hydrogens is 366 g/mol. The van der Waals surface area contributed by atoms with Gasteiger partial charge in [-0.25, -0.2) is 9.59 Å². The molecule has 2 amide bonds. The van der Waals surface area contributed by atoms with Crippen molar-refractivity contribution in [2.75, 3.05) is 16.9 Å². The molecular formula is C11H10BrN3O5S. The molecule has 10 heteroatoms. The standard InChI is InChI=1S/C11H10BrN3O5S/c12-7-2-1-6(15(19)20)3-8(7)13-11(18)14-5-21-4-9(14)10(16)17/h1-3,9H,4-5H2,(H,13,18)(H,16,17). The first-order valence-corrected chi connectivity index (χ1v) is 7.67. The molecule has 8 nitrogen and oxygen atoms in total. The van der Waals surface area contributed by atoms with Gasteiger partial charge in [0.2, 0.25) is 0 Å². The summed E-state index contributed by atoms with van der Waals surface area (Å²) in [4.78, 5) is 34.5. The number of rotatable bonds is 3. The molecule has 0 saturated carbocycles. The minimum atomic E-state index is -1.08. The number of non-ortho nitro benzene ring substituents is 1. The molecule has 1 aromatic rings. The van der Waals surface area contributed by atoms with Crippen LogP contribution in [0.25, 0.3) is 0 Å². The van der Waals surface area contributed by atoms with E-state index in [9.17, 15) is 19.7 Å². The molecule has 0 radical (unpaired) electrons. The van der Waals surface area contributed by atoms with E-state index in [1.807, 2.05) is 0 Å². The van der Waals surface area contributed by atoms with E-state index < -0.39 is 23.0 Å². The number of carboxylic acid groups (broad SMARTS) is 1. The molecule has 21 heavy (non-hydrogen) atoms. The molecule has 0 aliphatic carbocycles. The van der Waals surface area contributed by atoms with Gasteiger partial charge in [-0.15, -0.1) is 11.8 Å². The number of hydrogen-bond acceptors (Lipinski definition) is 5. The lowest BCUT2D eigenvalue weighted by Crippen LogP contribution is -2.44. The summed E-state index contributed by atoms with van der Waals surface area (Å²) >= 11 is 4.52. The van der Waals surface area contributed by atoms with Crippen molar-refractivity contribution in [1.82, 2.24) is 4.90 Å². The number of carbonyl (C=O) groups is 2. The average molecular weight is 376 g/mol. The Kier molecular flexibility index (Phi) is 4.68. The van der Waals surface area contributed by atoms with Crippen LogP contribution in [0.2, 0.25) is 0 Å². The van der Waals surface area contributed by atoms with Crippen LogP contribution in [0.1, 0.15) is 0 Å². The molecule has 1 aliphatic heterocycles. The molecule has 0 aromatic heterocycles. The van der Waals surface area contributed by atoms with Crippen LogP contribution in [0.15, 0.2) is 22.7 Å².